The predicted octanol–water partition coefficient (Wildman–Crippen LogP) is 0.929. The third kappa shape index (κ3) is 3.13. The van der Waals surface area contributed by atoms with E-state index < -0.39 is 0 Å². The lowest BCUT2D eigenvalue weighted by molar-refractivity contribution is 0.0934. The number of nitrogens with zero attached hydrogens (tertiary/aromatic N) is 3. The van der Waals surface area contributed by atoms with Gasteiger partial charge in [-0.15, -0.1) is 0 Å². The van der Waals surface area contributed by atoms with Crippen LogP contribution >= 0.6 is 0 Å². The zero-order chi connectivity index (χ0) is 14.7. The van der Waals surface area contributed by atoms with Gasteiger partial charge in [-0.25, -0.2) is 0 Å². The van der Waals surface area contributed by atoms with Crippen molar-refractivity contribution in [2.75, 3.05) is 13.2 Å². The van der Waals surface area contributed by atoms with Crippen LogP contribution < -0.4 is 5.32 Å². The van der Waals surface area contributed by atoms with E-state index in [9.17, 15) is 4.79 Å². The van der Waals surface area contributed by atoms with Crippen molar-refractivity contribution in [1.29, 1.82) is 0 Å². The highest BCUT2D eigenvalue weighted by Gasteiger charge is 2.25. The van der Waals surface area contributed by atoms with Crippen LogP contribution in [0.4, 0.5) is 0 Å². The number of nitrogens with one attached hydrogen (secondary N) is 2. The topological polar surface area (TPSA) is 84.8 Å². The fourth-order valence-electron chi connectivity index (χ4n) is 2.59. The first kappa shape index (κ1) is 13.8. The fraction of sp³-hybridized carbons (Fsp3) is 0.500. The molecule has 112 valence electrons. The summed E-state index contributed by atoms with van der Waals surface area (Å²) in [6, 6.07) is 1.85. The van der Waals surface area contributed by atoms with Gasteiger partial charge in [0.1, 0.15) is 0 Å². The minimum Gasteiger partial charge on any atom is -0.381 e. The van der Waals surface area contributed by atoms with E-state index in [1.54, 1.807) is 17.1 Å². The molecule has 1 saturated heterocycles. The number of aromatic amines is 1. The van der Waals surface area contributed by atoms with Crippen molar-refractivity contribution >= 4 is 5.91 Å². The molecule has 21 heavy (non-hydrogen) atoms. The average Bonchev–Trinajstić information content (AvgIpc) is 3.20. The van der Waals surface area contributed by atoms with Crippen LogP contribution in [-0.2, 0) is 11.3 Å². The van der Waals surface area contributed by atoms with Gasteiger partial charge in [0.2, 0.25) is 0 Å². The van der Waals surface area contributed by atoms with Gasteiger partial charge in [0.25, 0.3) is 5.91 Å². The summed E-state index contributed by atoms with van der Waals surface area (Å²) in [6.07, 6.45) is 6.11. The Kier molecular flexibility index (Phi) is 4.01. The highest BCUT2D eigenvalue weighted by Crippen LogP contribution is 2.26. The summed E-state index contributed by atoms with van der Waals surface area (Å²) in [5.41, 5.74) is 1.48. The SMILES string of the molecule is C[C@H](Cn1cccn1)NC(=O)c1cn[nH]c1[C@@H]1CCOC1. The maximum absolute atomic E-state index is 12.4. The Hall–Kier alpha value is -2.15. The molecule has 7 nitrogen and oxygen atoms in total. The summed E-state index contributed by atoms with van der Waals surface area (Å²) >= 11 is 0. The lowest BCUT2D eigenvalue weighted by Crippen LogP contribution is -2.36. The van der Waals surface area contributed by atoms with Gasteiger partial charge >= 0.3 is 0 Å². The number of aromatic nitrogens is 4. The van der Waals surface area contributed by atoms with Crippen LogP contribution in [0.3, 0.4) is 0 Å². The molecule has 1 aliphatic heterocycles. The standard InChI is InChI=1S/C14H19N5O2/c1-10(8-19-5-2-4-16-19)17-14(20)12-7-15-18-13(12)11-3-6-21-9-11/h2,4-5,7,10-11H,3,6,8-9H2,1H3,(H,15,18)(H,17,20)/t10-,11-/m1/s1. The smallest absolute Gasteiger partial charge is 0.255 e. The van der Waals surface area contributed by atoms with Crippen LogP contribution in [0.2, 0.25) is 0 Å². The van der Waals surface area contributed by atoms with Crippen LogP contribution in [0, 0.1) is 0 Å². The van der Waals surface area contributed by atoms with Gasteiger partial charge in [-0.05, 0) is 19.4 Å². The molecule has 1 amide bonds. The quantitative estimate of drug-likeness (QED) is 0.857. The average molecular weight is 289 g/mol. The molecule has 3 heterocycles. The normalized spacial score (nSPS) is 19.6. The van der Waals surface area contributed by atoms with Crippen LogP contribution in [0.5, 0.6) is 0 Å². The van der Waals surface area contributed by atoms with E-state index in [1.165, 1.54) is 0 Å². The Labute approximate surface area is 122 Å². The van der Waals surface area contributed by atoms with Gasteiger partial charge in [-0.3, -0.25) is 14.6 Å². The van der Waals surface area contributed by atoms with Crippen LogP contribution in [-0.4, -0.2) is 45.1 Å². The van der Waals surface area contributed by atoms with E-state index >= 15 is 0 Å². The first-order valence-corrected chi connectivity index (χ1v) is 7.13. The molecule has 0 radical (unpaired) electrons. The summed E-state index contributed by atoms with van der Waals surface area (Å²) in [4.78, 5) is 12.4. The molecule has 0 aromatic carbocycles. The summed E-state index contributed by atoms with van der Waals surface area (Å²) in [5, 5.41) is 14.1. The maximum Gasteiger partial charge on any atom is 0.255 e. The lowest BCUT2D eigenvalue weighted by Gasteiger charge is -2.15. The number of hydrogen-bond donors (Lipinski definition) is 2. The number of carbonyl (C=O) groups excluding carboxylic acids is 1. The van der Waals surface area contributed by atoms with Crippen LogP contribution in [0.25, 0.3) is 0 Å². The van der Waals surface area contributed by atoms with E-state index in [0.29, 0.717) is 18.7 Å². The van der Waals surface area contributed by atoms with Gasteiger partial charge in [0, 0.05) is 31.0 Å². The van der Waals surface area contributed by atoms with Gasteiger partial charge in [0.15, 0.2) is 0 Å². The first-order valence-electron chi connectivity index (χ1n) is 7.13. The molecule has 0 spiro atoms. The van der Waals surface area contributed by atoms with Gasteiger partial charge in [0.05, 0.1) is 30.6 Å². The Morgan fingerprint density at radius 2 is 2.57 bits per heavy atom. The maximum atomic E-state index is 12.4. The van der Waals surface area contributed by atoms with Gasteiger partial charge in [-0.1, -0.05) is 0 Å². The molecule has 2 atom stereocenters. The number of carbonyl (C=O) groups is 1. The monoisotopic (exact) mass is 289 g/mol. The Bertz CT molecular complexity index is 586. The number of H-pyrrole nitrogens is 1. The van der Waals surface area contributed by atoms with E-state index in [-0.39, 0.29) is 17.9 Å². The third-order valence-corrected chi connectivity index (χ3v) is 3.65. The summed E-state index contributed by atoms with van der Waals surface area (Å²) in [6.45, 7) is 3.97. The van der Waals surface area contributed by atoms with Crippen molar-refractivity contribution < 1.29 is 9.53 Å². The van der Waals surface area contributed by atoms with Crippen molar-refractivity contribution in [1.82, 2.24) is 25.3 Å². The second-order valence-electron chi connectivity index (χ2n) is 5.36. The van der Waals surface area contributed by atoms with Crippen molar-refractivity contribution in [2.45, 2.75) is 31.8 Å². The Morgan fingerprint density at radius 3 is 3.29 bits per heavy atom. The number of hydrogen-bond acceptors (Lipinski definition) is 4. The van der Waals surface area contributed by atoms with E-state index in [1.807, 2.05) is 19.2 Å². The second kappa shape index (κ2) is 6.09. The van der Waals surface area contributed by atoms with Crippen molar-refractivity contribution in [3.05, 3.63) is 35.9 Å². The molecule has 7 heteroatoms. The molecule has 2 aromatic rings. The van der Waals surface area contributed by atoms with Crippen LogP contribution in [0.15, 0.2) is 24.7 Å². The van der Waals surface area contributed by atoms with E-state index in [0.717, 1.165) is 18.7 Å². The minimum atomic E-state index is -0.106. The lowest BCUT2D eigenvalue weighted by atomic mass is 10.0. The predicted molar refractivity (Wildman–Crippen MR) is 75.9 cm³/mol. The highest BCUT2D eigenvalue weighted by molar-refractivity contribution is 5.95. The number of amides is 1. The molecule has 0 unspecified atom stereocenters. The minimum absolute atomic E-state index is 0.0139. The van der Waals surface area contributed by atoms with Crippen molar-refractivity contribution in [3.63, 3.8) is 0 Å². The van der Waals surface area contributed by atoms with E-state index in [2.05, 4.69) is 20.6 Å². The van der Waals surface area contributed by atoms with E-state index in [4.69, 9.17) is 4.74 Å². The largest absolute Gasteiger partial charge is 0.381 e. The highest BCUT2D eigenvalue weighted by atomic mass is 16.5. The zero-order valence-electron chi connectivity index (χ0n) is 12.0. The molecule has 0 aliphatic carbocycles. The molecule has 2 N–H and O–H groups in total. The molecule has 1 aliphatic rings. The number of ether oxygens (including phenoxy) is 1. The molecule has 1 fully saturated rings. The third-order valence-electron chi connectivity index (χ3n) is 3.65. The summed E-state index contributed by atoms with van der Waals surface area (Å²) in [5.74, 6) is 0.125. The number of rotatable bonds is 5. The van der Waals surface area contributed by atoms with Crippen molar-refractivity contribution in [2.24, 2.45) is 0 Å². The molecular formula is C14H19N5O2. The summed E-state index contributed by atoms with van der Waals surface area (Å²) < 4.78 is 7.17. The Balaban J connectivity index is 1.64. The van der Waals surface area contributed by atoms with Gasteiger partial charge in [-0.2, -0.15) is 10.2 Å². The molecule has 0 saturated carbocycles. The first-order chi connectivity index (χ1) is 10.2. The molecule has 2 aromatic heterocycles. The Morgan fingerprint density at radius 1 is 1.67 bits per heavy atom. The summed E-state index contributed by atoms with van der Waals surface area (Å²) in [7, 11) is 0. The fourth-order valence-corrected chi connectivity index (χ4v) is 2.59. The molecule has 3 rings (SSSR count). The molecule has 0 bridgehead atoms. The zero-order valence-corrected chi connectivity index (χ0v) is 12.0. The van der Waals surface area contributed by atoms with Gasteiger partial charge < -0.3 is 10.1 Å². The van der Waals surface area contributed by atoms with Crippen LogP contribution in [0.1, 0.15) is 35.3 Å². The van der Waals surface area contributed by atoms with Crippen molar-refractivity contribution in [3.8, 4) is 0 Å². The molecular weight excluding hydrogens is 270 g/mol. The second-order valence-corrected chi connectivity index (χ2v) is 5.36.